The Morgan fingerprint density at radius 3 is 2.50 bits per heavy atom. The molecule has 0 atom stereocenters. The van der Waals surface area contributed by atoms with Gasteiger partial charge in [-0.2, -0.15) is 0 Å². The van der Waals surface area contributed by atoms with Crippen molar-refractivity contribution in [3.05, 3.63) is 35.7 Å². The summed E-state index contributed by atoms with van der Waals surface area (Å²) in [7, 11) is 0. The van der Waals surface area contributed by atoms with E-state index in [-0.39, 0.29) is 18.4 Å². The fourth-order valence-corrected chi connectivity index (χ4v) is 1.15. The molecule has 0 aromatic heterocycles. The number of carbonyl (C=O) groups is 2. The Bertz CT molecular complexity index is 449. The summed E-state index contributed by atoms with van der Waals surface area (Å²) in [5.74, 6) is -0.542. The molecule has 5 heteroatoms. The average molecular weight is 217 g/mol. The van der Waals surface area contributed by atoms with E-state index < -0.39 is 0 Å². The predicted octanol–water partition coefficient (Wildman–Crippen LogP) is 1.50. The molecule has 0 aliphatic rings. The summed E-state index contributed by atoms with van der Waals surface area (Å²) in [5.41, 5.74) is 1.16. The van der Waals surface area contributed by atoms with Gasteiger partial charge in [-0.3, -0.25) is 9.59 Å². The number of benzene rings is 1. The minimum atomic E-state index is -0.366. The highest BCUT2D eigenvalue weighted by molar-refractivity contribution is 5.94. The summed E-state index contributed by atoms with van der Waals surface area (Å²) in [6, 6.07) is 6.74. The molecule has 5 nitrogen and oxygen atoms in total. The Hall–Kier alpha value is -2.35. The maximum Gasteiger partial charge on any atom is 0.304 e. The van der Waals surface area contributed by atoms with Crippen molar-refractivity contribution < 1.29 is 9.59 Å². The van der Waals surface area contributed by atoms with Crippen LogP contribution >= 0.6 is 0 Å². The molecule has 1 rings (SSSR count). The first-order valence-electron chi connectivity index (χ1n) is 4.62. The van der Waals surface area contributed by atoms with Crippen molar-refractivity contribution >= 4 is 23.2 Å². The summed E-state index contributed by atoms with van der Waals surface area (Å²) in [5, 5.41) is 5.15. The van der Waals surface area contributed by atoms with E-state index >= 15 is 0 Å². The SMILES string of the molecule is [C-]#[N+]CC(=O)Nc1cccc(NC(C)=O)c1. The van der Waals surface area contributed by atoms with E-state index in [4.69, 9.17) is 6.57 Å². The number of anilines is 2. The normalized spacial score (nSPS) is 9.00. The minimum absolute atomic E-state index is 0.176. The molecule has 0 aliphatic carbocycles. The fourth-order valence-electron chi connectivity index (χ4n) is 1.15. The van der Waals surface area contributed by atoms with E-state index in [1.54, 1.807) is 24.3 Å². The molecule has 0 heterocycles. The summed E-state index contributed by atoms with van der Waals surface area (Å²) in [6.45, 7) is 7.74. The van der Waals surface area contributed by atoms with Gasteiger partial charge in [-0.05, 0) is 18.2 Å². The number of rotatable bonds is 3. The highest BCUT2D eigenvalue weighted by atomic mass is 16.2. The zero-order chi connectivity index (χ0) is 12.0. The molecule has 1 aromatic carbocycles. The van der Waals surface area contributed by atoms with Gasteiger partial charge in [0.05, 0.1) is 0 Å². The Balaban J connectivity index is 2.71. The van der Waals surface area contributed by atoms with Crippen LogP contribution in [0.25, 0.3) is 4.85 Å². The van der Waals surface area contributed by atoms with Crippen LogP contribution in [0.15, 0.2) is 24.3 Å². The first-order chi connectivity index (χ1) is 7.61. The molecule has 0 bridgehead atoms. The third kappa shape index (κ3) is 3.80. The first kappa shape index (κ1) is 11.7. The van der Waals surface area contributed by atoms with Gasteiger partial charge in [0.15, 0.2) is 0 Å². The number of amides is 2. The van der Waals surface area contributed by atoms with Crippen molar-refractivity contribution in [2.24, 2.45) is 0 Å². The van der Waals surface area contributed by atoms with Crippen molar-refractivity contribution in [1.82, 2.24) is 0 Å². The molecule has 1 aromatic rings. The van der Waals surface area contributed by atoms with Crippen molar-refractivity contribution in [2.75, 3.05) is 17.2 Å². The van der Waals surface area contributed by atoms with Crippen LogP contribution in [0.2, 0.25) is 0 Å². The summed E-state index contributed by atoms with van der Waals surface area (Å²) in [4.78, 5) is 24.9. The van der Waals surface area contributed by atoms with Gasteiger partial charge in [0, 0.05) is 18.3 Å². The van der Waals surface area contributed by atoms with E-state index in [0.29, 0.717) is 11.4 Å². The standard InChI is InChI=1S/C11H11N3O2/c1-8(15)13-9-4-3-5-10(6-9)14-11(16)7-12-2/h3-6H,7H2,1H3,(H,13,15)(H,14,16). The molecular weight excluding hydrogens is 206 g/mol. The molecule has 0 spiro atoms. The van der Waals surface area contributed by atoms with Crippen molar-refractivity contribution in [3.63, 3.8) is 0 Å². The predicted molar refractivity (Wildman–Crippen MR) is 60.8 cm³/mol. The lowest BCUT2D eigenvalue weighted by molar-refractivity contribution is -0.115. The molecule has 16 heavy (non-hydrogen) atoms. The Labute approximate surface area is 93.3 Å². The molecule has 0 saturated heterocycles. The molecule has 0 radical (unpaired) electrons. The van der Waals surface area contributed by atoms with E-state index in [9.17, 15) is 9.59 Å². The molecule has 82 valence electrons. The smallest absolute Gasteiger partial charge is 0.304 e. The highest BCUT2D eigenvalue weighted by Crippen LogP contribution is 2.14. The Morgan fingerprint density at radius 2 is 1.94 bits per heavy atom. The quantitative estimate of drug-likeness (QED) is 0.754. The summed E-state index contributed by atoms with van der Waals surface area (Å²) in [6.07, 6.45) is 0. The lowest BCUT2D eigenvalue weighted by Gasteiger charge is -2.05. The number of nitrogens with one attached hydrogen (secondary N) is 2. The summed E-state index contributed by atoms with van der Waals surface area (Å²) < 4.78 is 0. The van der Waals surface area contributed by atoms with E-state index in [1.807, 2.05) is 0 Å². The molecule has 2 amide bonds. The van der Waals surface area contributed by atoms with Gasteiger partial charge in [0.25, 0.3) is 6.54 Å². The molecule has 0 saturated carbocycles. The summed E-state index contributed by atoms with van der Waals surface area (Å²) >= 11 is 0. The van der Waals surface area contributed by atoms with Gasteiger partial charge >= 0.3 is 5.91 Å². The first-order valence-corrected chi connectivity index (χ1v) is 4.62. The molecule has 0 aliphatic heterocycles. The second kappa shape index (κ2) is 5.51. The maximum atomic E-state index is 11.1. The van der Waals surface area contributed by atoms with Gasteiger partial charge in [0.2, 0.25) is 5.91 Å². The molecule has 0 unspecified atom stereocenters. The van der Waals surface area contributed by atoms with Crippen LogP contribution in [0.3, 0.4) is 0 Å². The van der Waals surface area contributed by atoms with Crippen LogP contribution < -0.4 is 10.6 Å². The van der Waals surface area contributed by atoms with E-state index in [1.165, 1.54) is 6.92 Å². The molecule has 2 N–H and O–H groups in total. The van der Waals surface area contributed by atoms with Crippen LogP contribution in [0.1, 0.15) is 6.92 Å². The van der Waals surface area contributed by atoms with Crippen LogP contribution in [-0.4, -0.2) is 18.4 Å². The van der Waals surface area contributed by atoms with Crippen LogP contribution in [0.5, 0.6) is 0 Å². The van der Waals surface area contributed by atoms with E-state index in [0.717, 1.165) is 0 Å². The fraction of sp³-hybridized carbons (Fsp3) is 0.182. The zero-order valence-corrected chi connectivity index (χ0v) is 8.78. The van der Waals surface area contributed by atoms with Crippen molar-refractivity contribution in [2.45, 2.75) is 6.92 Å². The van der Waals surface area contributed by atoms with Crippen molar-refractivity contribution in [3.8, 4) is 0 Å². The van der Waals surface area contributed by atoms with Crippen LogP contribution in [0, 0.1) is 6.57 Å². The van der Waals surface area contributed by atoms with Crippen LogP contribution in [0.4, 0.5) is 11.4 Å². The minimum Gasteiger partial charge on any atom is -0.326 e. The average Bonchev–Trinajstić information content (AvgIpc) is 2.17. The largest absolute Gasteiger partial charge is 0.326 e. The van der Waals surface area contributed by atoms with E-state index in [2.05, 4.69) is 15.5 Å². The third-order valence-electron chi connectivity index (χ3n) is 1.69. The Kier molecular flexibility index (Phi) is 4.04. The van der Waals surface area contributed by atoms with Crippen LogP contribution in [-0.2, 0) is 9.59 Å². The maximum absolute atomic E-state index is 11.1. The van der Waals surface area contributed by atoms with Gasteiger partial charge in [-0.1, -0.05) is 6.07 Å². The molecule has 0 fully saturated rings. The second-order valence-corrected chi connectivity index (χ2v) is 3.13. The number of nitrogens with zero attached hydrogens (tertiary/aromatic N) is 1. The highest BCUT2D eigenvalue weighted by Gasteiger charge is 2.04. The monoisotopic (exact) mass is 217 g/mol. The lowest BCUT2D eigenvalue weighted by Crippen LogP contribution is -2.14. The number of hydrogen-bond donors (Lipinski definition) is 2. The van der Waals surface area contributed by atoms with Gasteiger partial charge in [-0.25, -0.2) is 6.57 Å². The van der Waals surface area contributed by atoms with Gasteiger partial charge in [0.1, 0.15) is 0 Å². The third-order valence-corrected chi connectivity index (χ3v) is 1.69. The second-order valence-electron chi connectivity index (χ2n) is 3.13. The van der Waals surface area contributed by atoms with Gasteiger partial charge < -0.3 is 15.5 Å². The molecular formula is C11H11N3O2. The topological polar surface area (TPSA) is 62.6 Å². The zero-order valence-electron chi connectivity index (χ0n) is 8.78. The van der Waals surface area contributed by atoms with Crippen molar-refractivity contribution in [1.29, 1.82) is 0 Å². The Morgan fingerprint density at radius 1 is 1.31 bits per heavy atom. The number of carbonyl (C=O) groups excluding carboxylic acids is 2. The number of hydrogen-bond acceptors (Lipinski definition) is 2. The lowest BCUT2D eigenvalue weighted by atomic mass is 10.2. The van der Waals surface area contributed by atoms with Gasteiger partial charge in [-0.15, -0.1) is 0 Å².